The lowest BCUT2D eigenvalue weighted by atomic mass is 10.1. The molecule has 4 rings (SSSR count). The standard InChI is InChI=1S/C18H22N6O/c1-24(11-16-14-7-3-2-4-8-15(14)20-21-16)12-17-22-23-18(25-17)13-6-5-9-19-10-13/h5-6,9-10H,2-4,7-8,11-12H2,1H3,(H,20,21). The van der Waals surface area contributed by atoms with Gasteiger partial charge >= 0.3 is 0 Å². The van der Waals surface area contributed by atoms with Crippen molar-refractivity contribution in [1.29, 1.82) is 0 Å². The van der Waals surface area contributed by atoms with Gasteiger partial charge in [-0.2, -0.15) is 5.10 Å². The third-order valence-corrected chi connectivity index (χ3v) is 4.59. The van der Waals surface area contributed by atoms with Gasteiger partial charge in [-0.15, -0.1) is 10.2 Å². The van der Waals surface area contributed by atoms with Crippen molar-refractivity contribution >= 4 is 0 Å². The second-order valence-corrected chi connectivity index (χ2v) is 6.60. The summed E-state index contributed by atoms with van der Waals surface area (Å²) >= 11 is 0. The summed E-state index contributed by atoms with van der Waals surface area (Å²) < 4.78 is 5.76. The van der Waals surface area contributed by atoms with E-state index in [9.17, 15) is 0 Å². The molecule has 0 unspecified atom stereocenters. The fraction of sp³-hybridized carbons (Fsp3) is 0.444. The molecule has 1 N–H and O–H groups in total. The molecule has 3 heterocycles. The van der Waals surface area contributed by atoms with Crippen LogP contribution in [0.2, 0.25) is 0 Å². The molecule has 0 amide bonds. The molecule has 130 valence electrons. The van der Waals surface area contributed by atoms with Gasteiger partial charge in [-0.1, -0.05) is 6.42 Å². The average Bonchev–Trinajstić information content (AvgIpc) is 3.16. The predicted molar refractivity (Wildman–Crippen MR) is 92.5 cm³/mol. The molecule has 25 heavy (non-hydrogen) atoms. The number of H-pyrrole nitrogens is 1. The van der Waals surface area contributed by atoms with Crippen molar-refractivity contribution in [1.82, 2.24) is 30.3 Å². The monoisotopic (exact) mass is 338 g/mol. The van der Waals surface area contributed by atoms with E-state index in [-0.39, 0.29) is 0 Å². The summed E-state index contributed by atoms with van der Waals surface area (Å²) in [7, 11) is 2.05. The van der Waals surface area contributed by atoms with Crippen molar-refractivity contribution < 1.29 is 4.42 Å². The molecule has 0 aromatic carbocycles. The zero-order valence-electron chi connectivity index (χ0n) is 14.4. The van der Waals surface area contributed by atoms with Crippen LogP contribution in [-0.4, -0.2) is 37.3 Å². The fourth-order valence-corrected chi connectivity index (χ4v) is 3.32. The Bertz CT molecular complexity index is 825. The van der Waals surface area contributed by atoms with Crippen LogP contribution in [0, 0.1) is 0 Å². The van der Waals surface area contributed by atoms with Crippen LogP contribution in [0.5, 0.6) is 0 Å². The van der Waals surface area contributed by atoms with E-state index in [0.717, 1.165) is 30.6 Å². The molecule has 0 aliphatic heterocycles. The maximum Gasteiger partial charge on any atom is 0.249 e. The van der Waals surface area contributed by atoms with Crippen LogP contribution < -0.4 is 0 Å². The summed E-state index contributed by atoms with van der Waals surface area (Å²) in [6.45, 7) is 1.37. The summed E-state index contributed by atoms with van der Waals surface area (Å²) in [4.78, 5) is 6.23. The number of fused-ring (bicyclic) bond motifs is 1. The highest BCUT2D eigenvalue weighted by atomic mass is 16.4. The number of pyridine rings is 1. The molecule has 7 heteroatoms. The van der Waals surface area contributed by atoms with Crippen molar-refractivity contribution in [2.45, 2.75) is 45.2 Å². The third-order valence-electron chi connectivity index (χ3n) is 4.59. The van der Waals surface area contributed by atoms with Gasteiger partial charge in [-0.25, -0.2) is 0 Å². The number of hydrogen-bond donors (Lipinski definition) is 1. The Balaban J connectivity index is 1.42. The summed E-state index contributed by atoms with van der Waals surface area (Å²) in [5.74, 6) is 1.10. The van der Waals surface area contributed by atoms with Gasteiger partial charge in [-0.05, 0) is 50.4 Å². The quantitative estimate of drug-likeness (QED) is 0.720. The fourth-order valence-electron chi connectivity index (χ4n) is 3.32. The molecule has 0 saturated carbocycles. The third kappa shape index (κ3) is 3.61. The molecule has 7 nitrogen and oxygen atoms in total. The van der Waals surface area contributed by atoms with Crippen molar-refractivity contribution in [3.05, 3.63) is 47.4 Å². The van der Waals surface area contributed by atoms with Crippen molar-refractivity contribution in [3.8, 4) is 11.5 Å². The Morgan fingerprint density at radius 1 is 1.16 bits per heavy atom. The van der Waals surface area contributed by atoms with Gasteiger partial charge in [0.15, 0.2) is 0 Å². The molecular formula is C18H22N6O. The number of hydrogen-bond acceptors (Lipinski definition) is 6. The van der Waals surface area contributed by atoms with E-state index < -0.39 is 0 Å². The molecule has 0 radical (unpaired) electrons. The predicted octanol–water partition coefficient (Wildman–Crippen LogP) is 2.76. The highest BCUT2D eigenvalue weighted by molar-refractivity contribution is 5.49. The Morgan fingerprint density at radius 2 is 2.08 bits per heavy atom. The number of aromatic amines is 1. The average molecular weight is 338 g/mol. The lowest BCUT2D eigenvalue weighted by Crippen LogP contribution is -2.18. The first-order chi connectivity index (χ1) is 12.3. The molecule has 0 atom stereocenters. The highest BCUT2D eigenvalue weighted by Gasteiger charge is 2.18. The van der Waals surface area contributed by atoms with Crippen LogP contribution in [0.4, 0.5) is 0 Å². The molecular weight excluding hydrogens is 316 g/mol. The lowest BCUT2D eigenvalue weighted by Gasteiger charge is -2.13. The van der Waals surface area contributed by atoms with Crippen molar-refractivity contribution in [2.24, 2.45) is 0 Å². The van der Waals surface area contributed by atoms with Crippen molar-refractivity contribution in [2.75, 3.05) is 7.05 Å². The minimum Gasteiger partial charge on any atom is -0.419 e. The summed E-state index contributed by atoms with van der Waals surface area (Å²) in [5, 5.41) is 16.0. The van der Waals surface area contributed by atoms with Gasteiger partial charge in [0.1, 0.15) is 0 Å². The molecule has 0 fully saturated rings. The van der Waals surface area contributed by atoms with Gasteiger partial charge in [0.2, 0.25) is 11.8 Å². The minimum atomic E-state index is 0.505. The van der Waals surface area contributed by atoms with Gasteiger partial charge in [-0.3, -0.25) is 15.0 Å². The van der Waals surface area contributed by atoms with Crippen LogP contribution in [0.15, 0.2) is 28.9 Å². The van der Waals surface area contributed by atoms with E-state index in [1.165, 1.54) is 30.5 Å². The first kappa shape index (κ1) is 16.0. The number of rotatable bonds is 5. The molecule has 3 aromatic heterocycles. The smallest absolute Gasteiger partial charge is 0.249 e. The first-order valence-corrected chi connectivity index (χ1v) is 8.76. The van der Waals surface area contributed by atoms with E-state index in [2.05, 4.69) is 30.3 Å². The lowest BCUT2D eigenvalue weighted by molar-refractivity contribution is 0.279. The van der Waals surface area contributed by atoms with E-state index in [1.54, 1.807) is 12.4 Å². The zero-order valence-corrected chi connectivity index (χ0v) is 14.4. The summed E-state index contributed by atoms with van der Waals surface area (Å²) in [6.07, 6.45) is 9.49. The van der Waals surface area contributed by atoms with E-state index in [0.29, 0.717) is 18.3 Å². The van der Waals surface area contributed by atoms with Gasteiger partial charge in [0, 0.05) is 24.6 Å². The second kappa shape index (κ2) is 7.14. The van der Waals surface area contributed by atoms with Crippen LogP contribution >= 0.6 is 0 Å². The van der Waals surface area contributed by atoms with Crippen LogP contribution in [0.1, 0.15) is 42.1 Å². The van der Waals surface area contributed by atoms with E-state index in [1.807, 2.05) is 19.2 Å². The molecule has 0 saturated heterocycles. The first-order valence-electron chi connectivity index (χ1n) is 8.76. The highest BCUT2D eigenvalue weighted by Crippen LogP contribution is 2.23. The number of aromatic nitrogens is 5. The van der Waals surface area contributed by atoms with Gasteiger partial charge < -0.3 is 4.42 Å². The number of nitrogens with zero attached hydrogens (tertiary/aromatic N) is 5. The molecule has 0 spiro atoms. The second-order valence-electron chi connectivity index (χ2n) is 6.60. The number of nitrogens with one attached hydrogen (secondary N) is 1. The van der Waals surface area contributed by atoms with Gasteiger partial charge in [0.05, 0.1) is 17.8 Å². The van der Waals surface area contributed by atoms with E-state index >= 15 is 0 Å². The topological polar surface area (TPSA) is 83.7 Å². The Kier molecular flexibility index (Phi) is 4.56. The largest absolute Gasteiger partial charge is 0.419 e. The minimum absolute atomic E-state index is 0.505. The van der Waals surface area contributed by atoms with Crippen LogP contribution in [0.3, 0.4) is 0 Å². The molecule has 3 aromatic rings. The molecule has 1 aliphatic rings. The summed E-state index contributed by atoms with van der Waals surface area (Å²) in [6, 6.07) is 3.77. The van der Waals surface area contributed by atoms with Crippen LogP contribution in [0.25, 0.3) is 11.5 Å². The summed E-state index contributed by atoms with van der Waals surface area (Å²) in [5.41, 5.74) is 4.71. The number of aryl methyl sites for hydroxylation is 1. The Labute approximate surface area is 146 Å². The van der Waals surface area contributed by atoms with Crippen molar-refractivity contribution in [3.63, 3.8) is 0 Å². The molecule has 0 bridgehead atoms. The van der Waals surface area contributed by atoms with Crippen LogP contribution in [-0.2, 0) is 25.9 Å². The SMILES string of the molecule is CN(Cc1nnc(-c2cccnc2)o1)Cc1n[nH]c2c1CCCCC2. The Morgan fingerprint density at radius 3 is 2.96 bits per heavy atom. The maximum atomic E-state index is 5.76. The Hall–Kier alpha value is -2.54. The normalized spacial score (nSPS) is 14.5. The molecule has 1 aliphatic carbocycles. The zero-order chi connectivity index (χ0) is 17.1. The maximum absolute atomic E-state index is 5.76. The van der Waals surface area contributed by atoms with E-state index in [4.69, 9.17) is 4.42 Å². The van der Waals surface area contributed by atoms with Gasteiger partial charge in [0.25, 0.3) is 0 Å².